The van der Waals surface area contributed by atoms with Crippen molar-refractivity contribution >= 4 is 39.5 Å². The van der Waals surface area contributed by atoms with E-state index in [-0.39, 0.29) is 25.7 Å². The SMILES string of the molecule is CCCCCCCCCCCCCCCCCCC(=O)OC[C@H](COP(=O)(O)OC[C@@H](O)COP(=O)(O)OC[C@@H](COC(=O)CCCCCCCCCCC(C)C)OC(=O)CCCCCCCCCCCCCCCC)OC(=O)CCCCCCCCCCCCCCCCCCC(C)C. The third kappa shape index (κ3) is 74.3. The molecule has 100 heavy (non-hydrogen) atoms. The molecule has 3 N–H and O–H groups in total. The number of aliphatic hydroxyl groups is 1. The Bertz CT molecular complexity index is 1920. The molecule has 0 heterocycles. The number of rotatable bonds is 80. The molecule has 594 valence electrons. The van der Waals surface area contributed by atoms with Crippen LogP contribution in [0.5, 0.6) is 0 Å². The van der Waals surface area contributed by atoms with Gasteiger partial charge in [0.25, 0.3) is 0 Å². The molecular formula is C81H158O17P2. The summed E-state index contributed by atoms with van der Waals surface area (Å²) in [6.45, 7) is 9.64. The van der Waals surface area contributed by atoms with Crippen molar-refractivity contribution in [2.75, 3.05) is 39.6 Å². The smallest absolute Gasteiger partial charge is 0.462 e. The zero-order valence-corrected chi connectivity index (χ0v) is 67.3. The van der Waals surface area contributed by atoms with E-state index in [1.807, 2.05) is 0 Å². The van der Waals surface area contributed by atoms with Crippen LogP contribution in [0.25, 0.3) is 0 Å². The molecule has 0 aliphatic heterocycles. The van der Waals surface area contributed by atoms with Gasteiger partial charge < -0.3 is 33.8 Å². The highest BCUT2D eigenvalue weighted by molar-refractivity contribution is 7.47. The van der Waals surface area contributed by atoms with Crippen molar-refractivity contribution in [2.45, 2.75) is 445 Å². The van der Waals surface area contributed by atoms with Gasteiger partial charge in [-0.05, 0) is 37.5 Å². The van der Waals surface area contributed by atoms with Crippen molar-refractivity contribution < 1.29 is 80.2 Å². The van der Waals surface area contributed by atoms with Crippen LogP contribution >= 0.6 is 15.6 Å². The summed E-state index contributed by atoms with van der Waals surface area (Å²) in [4.78, 5) is 73.0. The largest absolute Gasteiger partial charge is 0.472 e. The molecule has 0 aliphatic rings. The summed E-state index contributed by atoms with van der Waals surface area (Å²) in [6, 6.07) is 0. The highest BCUT2D eigenvalue weighted by Gasteiger charge is 2.30. The van der Waals surface area contributed by atoms with Gasteiger partial charge in [-0.15, -0.1) is 0 Å². The second-order valence-corrected chi connectivity index (χ2v) is 33.0. The molecule has 2 unspecified atom stereocenters. The van der Waals surface area contributed by atoms with Gasteiger partial charge in [0, 0.05) is 25.7 Å². The standard InChI is InChI=1S/C81H158O17P2/c1-7-9-11-13-15-17-19-21-23-27-31-34-38-45-51-57-63-78(83)91-69-76(97-81(86)66-60-54-48-40-36-32-28-25-24-26-29-33-37-43-49-55-61-73(3)4)71-95-99(87,88)93-67-75(82)68-94-100(89,90)96-72-77(70-92-79(84)64-58-52-46-42-41-44-50-56-62-74(5)6)98-80(85)65-59-53-47-39-35-30-22-20-18-16-14-12-10-8-2/h73-77,82H,7-72H2,1-6H3,(H,87,88)(H,89,90)/t75-,76-,77-/m1/s1. The number of unbranched alkanes of at least 4 members (excludes halogenated alkanes) is 50. The number of hydrogen-bond donors (Lipinski definition) is 3. The second kappa shape index (κ2) is 72.6. The minimum atomic E-state index is -4.96. The first-order valence-corrected chi connectivity index (χ1v) is 45.0. The van der Waals surface area contributed by atoms with Gasteiger partial charge in [0.05, 0.1) is 26.4 Å². The third-order valence-electron chi connectivity index (χ3n) is 19.0. The van der Waals surface area contributed by atoms with E-state index in [9.17, 15) is 43.2 Å². The summed E-state index contributed by atoms with van der Waals surface area (Å²) in [7, 11) is -9.92. The molecule has 19 heteroatoms. The summed E-state index contributed by atoms with van der Waals surface area (Å²) in [5, 5.41) is 10.6. The fourth-order valence-corrected chi connectivity index (χ4v) is 14.1. The van der Waals surface area contributed by atoms with Crippen LogP contribution < -0.4 is 0 Å². The predicted octanol–water partition coefficient (Wildman–Crippen LogP) is 24.3. The van der Waals surface area contributed by atoms with Gasteiger partial charge in [-0.2, -0.15) is 0 Å². The molecule has 0 bridgehead atoms. The highest BCUT2D eigenvalue weighted by atomic mass is 31.2. The van der Waals surface area contributed by atoms with E-state index in [4.69, 9.17) is 37.0 Å². The van der Waals surface area contributed by atoms with E-state index in [2.05, 4.69) is 41.5 Å². The van der Waals surface area contributed by atoms with Crippen LogP contribution in [0.3, 0.4) is 0 Å². The zero-order valence-electron chi connectivity index (χ0n) is 65.5. The summed E-state index contributed by atoms with van der Waals surface area (Å²) < 4.78 is 68.7. The maximum Gasteiger partial charge on any atom is 0.472 e. The van der Waals surface area contributed by atoms with E-state index in [0.717, 1.165) is 102 Å². The molecule has 0 aromatic rings. The lowest BCUT2D eigenvalue weighted by atomic mass is 10.0. The van der Waals surface area contributed by atoms with E-state index in [0.29, 0.717) is 25.7 Å². The average molecular weight is 1470 g/mol. The molecule has 17 nitrogen and oxygen atoms in total. The number of carbonyl (C=O) groups is 4. The monoisotopic (exact) mass is 1470 g/mol. The minimum Gasteiger partial charge on any atom is -0.462 e. The second-order valence-electron chi connectivity index (χ2n) is 30.1. The van der Waals surface area contributed by atoms with Crippen molar-refractivity contribution in [1.82, 2.24) is 0 Å². The Morgan fingerprint density at radius 3 is 0.680 bits per heavy atom. The Kier molecular flexibility index (Phi) is 71.2. The molecule has 0 rings (SSSR count). The summed E-state index contributed by atoms with van der Waals surface area (Å²) in [6.07, 6.45) is 62.4. The number of hydrogen-bond acceptors (Lipinski definition) is 15. The molecule has 0 radical (unpaired) electrons. The maximum absolute atomic E-state index is 13.1. The van der Waals surface area contributed by atoms with Crippen LogP contribution in [0, 0.1) is 11.8 Å². The van der Waals surface area contributed by atoms with Crippen molar-refractivity contribution in [3.63, 3.8) is 0 Å². The molecular weight excluding hydrogens is 1310 g/mol. The van der Waals surface area contributed by atoms with Crippen LogP contribution in [0.1, 0.15) is 427 Å². The molecule has 0 aromatic carbocycles. The average Bonchev–Trinajstić information content (AvgIpc) is 0.935. The number of aliphatic hydroxyl groups excluding tert-OH is 1. The topological polar surface area (TPSA) is 237 Å². The number of phosphoric ester groups is 2. The summed E-state index contributed by atoms with van der Waals surface area (Å²) in [5.41, 5.74) is 0. The molecule has 5 atom stereocenters. The molecule has 0 saturated carbocycles. The van der Waals surface area contributed by atoms with Crippen molar-refractivity contribution in [2.24, 2.45) is 11.8 Å². The Morgan fingerprint density at radius 2 is 0.460 bits per heavy atom. The molecule has 0 saturated heterocycles. The maximum atomic E-state index is 13.1. The van der Waals surface area contributed by atoms with Crippen LogP contribution in [-0.4, -0.2) is 96.7 Å². The first kappa shape index (κ1) is 98.1. The molecule has 0 aliphatic carbocycles. The van der Waals surface area contributed by atoms with Gasteiger partial charge >= 0.3 is 39.5 Å². The first-order chi connectivity index (χ1) is 48.4. The normalized spacial score (nSPS) is 13.9. The van der Waals surface area contributed by atoms with E-state index in [1.54, 1.807) is 0 Å². The van der Waals surface area contributed by atoms with Gasteiger partial charge in [-0.25, -0.2) is 9.13 Å². The summed E-state index contributed by atoms with van der Waals surface area (Å²) in [5.74, 6) is -0.571. The lowest BCUT2D eigenvalue weighted by Gasteiger charge is -2.21. The molecule has 0 fully saturated rings. The number of esters is 4. The van der Waals surface area contributed by atoms with E-state index in [1.165, 1.54) is 244 Å². The molecule has 0 amide bonds. The first-order valence-electron chi connectivity index (χ1n) is 42.0. The Hall–Kier alpha value is -1.94. The van der Waals surface area contributed by atoms with Gasteiger partial charge in [0.2, 0.25) is 0 Å². The van der Waals surface area contributed by atoms with Gasteiger partial charge in [0.15, 0.2) is 12.2 Å². The number of phosphoric acid groups is 2. The van der Waals surface area contributed by atoms with E-state index >= 15 is 0 Å². The fraction of sp³-hybridized carbons (Fsp3) is 0.951. The van der Waals surface area contributed by atoms with Crippen molar-refractivity contribution in [1.29, 1.82) is 0 Å². The summed E-state index contributed by atoms with van der Waals surface area (Å²) >= 11 is 0. The van der Waals surface area contributed by atoms with Gasteiger partial charge in [-0.1, -0.05) is 375 Å². The van der Waals surface area contributed by atoms with Crippen LogP contribution in [0.4, 0.5) is 0 Å². The molecule has 0 spiro atoms. The van der Waals surface area contributed by atoms with Crippen molar-refractivity contribution in [3.05, 3.63) is 0 Å². The Morgan fingerprint density at radius 1 is 0.270 bits per heavy atom. The van der Waals surface area contributed by atoms with Crippen LogP contribution in [0.15, 0.2) is 0 Å². The van der Waals surface area contributed by atoms with Crippen LogP contribution in [0.2, 0.25) is 0 Å². The third-order valence-corrected chi connectivity index (χ3v) is 20.9. The minimum absolute atomic E-state index is 0.108. The van der Waals surface area contributed by atoms with Crippen LogP contribution in [-0.2, 0) is 65.4 Å². The zero-order chi connectivity index (χ0) is 73.5. The highest BCUT2D eigenvalue weighted by Crippen LogP contribution is 2.45. The fourth-order valence-electron chi connectivity index (χ4n) is 12.5. The van der Waals surface area contributed by atoms with Gasteiger partial charge in [0.1, 0.15) is 19.3 Å². The number of ether oxygens (including phenoxy) is 4. The van der Waals surface area contributed by atoms with E-state index < -0.39 is 97.5 Å². The lowest BCUT2D eigenvalue weighted by molar-refractivity contribution is -0.161. The molecule has 0 aromatic heterocycles. The predicted molar refractivity (Wildman–Crippen MR) is 409 cm³/mol. The quantitative estimate of drug-likeness (QED) is 0.0222. The Labute approximate surface area is 613 Å². The lowest BCUT2D eigenvalue weighted by Crippen LogP contribution is -2.30. The van der Waals surface area contributed by atoms with Gasteiger partial charge in [-0.3, -0.25) is 37.3 Å². The number of carbonyl (C=O) groups excluding carboxylic acids is 4. The Balaban J connectivity index is 5.25. The van der Waals surface area contributed by atoms with Crippen molar-refractivity contribution in [3.8, 4) is 0 Å².